The topological polar surface area (TPSA) is 56.3 Å². The number of hydrogen-bond donors (Lipinski definition) is 1. The van der Waals surface area contributed by atoms with E-state index in [1.807, 2.05) is 30.3 Å². The normalized spacial score (nSPS) is 10.8. The Bertz CT molecular complexity index is 517. The monoisotopic (exact) mass is 307 g/mol. The average molecular weight is 307 g/mol. The van der Waals surface area contributed by atoms with Crippen molar-refractivity contribution in [2.45, 2.75) is 20.4 Å². The zero-order valence-corrected chi connectivity index (χ0v) is 13.2. The molecule has 0 radical (unpaired) electrons. The van der Waals surface area contributed by atoms with Crippen LogP contribution in [0.15, 0.2) is 30.3 Å². The number of nitrogens with zero attached hydrogens (tertiary/aromatic N) is 2. The van der Waals surface area contributed by atoms with Gasteiger partial charge in [-0.15, -0.1) is 10.2 Å². The van der Waals surface area contributed by atoms with Crippen LogP contribution >= 0.6 is 11.3 Å². The van der Waals surface area contributed by atoms with Gasteiger partial charge in [0.15, 0.2) is 0 Å². The molecule has 0 saturated heterocycles. The van der Waals surface area contributed by atoms with Gasteiger partial charge >= 0.3 is 0 Å². The third kappa shape index (κ3) is 6.10. The first-order valence-corrected chi connectivity index (χ1v) is 7.89. The zero-order valence-electron chi connectivity index (χ0n) is 12.4. The number of aromatic nitrogens is 2. The van der Waals surface area contributed by atoms with Gasteiger partial charge in [0.2, 0.25) is 0 Å². The van der Waals surface area contributed by atoms with E-state index >= 15 is 0 Å². The van der Waals surface area contributed by atoms with Gasteiger partial charge in [-0.1, -0.05) is 43.4 Å². The molecule has 0 spiro atoms. The number of hydrogen-bond acceptors (Lipinski definition) is 6. The van der Waals surface area contributed by atoms with E-state index in [9.17, 15) is 0 Å². The molecule has 1 aromatic carbocycles. The second-order valence-electron chi connectivity index (χ2n) is 5.00. The highest BCUT2D eigenvalue weighted by Gasteiger charge is 2.05. The van der Waals surface area contributed by atoms with Crippen molar-refractivity contribution >= 4 is 11.3 Å². The highest BCUT2D eigenvalue weighted by atomic mass is 32.1. The van der Waals surface area contributed by atoms with Crippen LogP contribution in [0.4, 0.5) is 0 Å². The molecular weight excluding hydrogens is 286 g/mol. The first-order chi connectivity index (χ1) is 10.2. The highest BCUT2D eigenvalue weighted by molar-refractivity contribution is 7.13. The van der Waals surface area contributed by atoms with Gasteiger partial charge in [0.25, 0.3) is 5.19 Å². The van der Waals surface area contributed by atoms with Crippen LogP contribution in [0.5, 0.6) is 10.9 Å². The summed E-state index contributed by atoms with van der Waals surface area (Å²) in [6.07, 6.45) is 0. The summed E-state index contributed by atoms with van der Waals surface area (Å²) in [6, 6.07) is 9.68. The van der Waals surface area contributed by atoms with Gasteiger partial charge in [-0.2, -0.15) is 0 Å². The van der Waals surface area contributed by atoms with Gasteiger partial charge in [-0.3, -0.25) is 0 Å². The van der Waals surface area contributed by atoms with E-state index in [1.54, 1.807) is 0 Å². The van der Waals surface area contributed by atoms with Gasteiger partial charge in [0.05, 0.1) is 0 Å². The fourth-order valence-electron chi connectivity index (χ4n) is 1.64. The second-order valence-corrected chi connectivity index (χ2v) is 6.02. The number of nitrogens with one attached hydrogen (secondary N) is 1. The fourth-order valence-corrected chi connectivity index (χ4v) is 2.32. The van der Waals surface area contributed by atoms with E-state index in [4.69, 9.17) is 9.47 Å². The molecule has 0 aliphatic heterocycles. The summed E-state index contributed by atoms with van der Waals surface area (Å²) in [5.74, 6) is 1.47. The van der Waals surface area contributed by atoms with Crippen molar-refractivity contribution in [2.75, 3.05) is 19.8 Å². The lowest BCUT2D eigenvalue weighted by Crippen LogP contribution is -2.18. The van der Waals surface area contributed by atoms with Crippen LogP contribution in [0, 0.1) is 5.92 Å². The number of rotatable bonds is 9. The maximum Gasteiger partial charge on any atom is 0.294 e. The van der Waals surface area contributed by atoms with Crippen molar-refractivity contribution < 1.29 is 9.47 Å². The lowest BCUT2D eigenvalue weighted by atomic mass is 10.2. The molecule has 0 amide bonds. The molecular formula is C15H21N3O2S. The van der Waals surface area contributed by atoms with Crippen LogP contribution in [0.25, 0.3) is 0 Å². The summed E-state index contributed by atoms with van der Waals surface area (Å²) in [5.41, 5.74) is 0. The number of benzene rings is 1. The molecule has 0 saturated carbocycles. The Morgan fingerprint density at radius 3 is 2.62 bits per heavy atom. The Morgan fingerprint density at radius 2 is 1.86 bits per heavy atom. The molecule has 1 aromatic heterocycles. The van der Waals surface area contributed by atoms with Gasteiger partial charge in [-0.05, 0) is 24.6 Å². The summed E-state index contributed by atoms with van der Waals surface area (Å²) in [4.78, 5) is 0. The standard InChI is InChI=1S/C15H21N3O2S/c1-12(2)10-16-11-14-17-18-15(21-14)20-9-8-19-13-6-4-3-5-7-13/h3-7,12,16H,8-11H2,1-2H3. The van der Waals surface area contributed by atoms with Gasteiger partial charge < -0.3 is 14.8 Å². The minimum Gasteiger partial charge on any atom is -0.490 e. The van der Waals surface area contributed by atoms with E-state index in [1.165, 1.54) is 11.3 Å². The van der Waals surface area contributed by atoms with Crippen LogP contribution in [0.1, 0.15) is 18.9 Å². The molecule has 5 nitrogen and oxygen atoms in total. The smallest absolute Gasteiger partial charge is 0.294 e. The summed E-state index contributed by atoms with van der Waals surface area (Å²) in [5, 5.41) is 13.0. The molecule has 6 heteroatoms. The minimum absolute atomic E-state index is 0.461. The van der Waals surface area contributed by atoms with Crippen LogP contribution in [-0.4, -0.2) is 30.0 Å². The molecule has 0 aliphatic rings. The average Bonchev–Trinajstić information content (AvgIpc) is 2.92. The third-order valence-electron chi connectivity index (χ3n) is 2.60. The molecule has 1 heterocycles. The Morgan fingerprint density at radius 1 is 1.10 bits per heavy atom. The first kappa shape index (κ1) is 15.7. The zero-order chi connectivity index (χ0) is 14.9. The van der Waals surface area contributed by atoms with Crippen molar-refractivity contribution in [1.82, 2.24) is 15.5 Å². The highest BCUT2D eigenvalue weighted by Crippen LogP contribution is 2.17. The molecule has 0 fully saturated rings. The lowest BCUT2D eigenvalue weighted by Gasteiger charge is -2.05. The van der Waals surface area contributed by atoms with E-state index in [-0.39, 0.29) is 0 Å². The van der Waals surface area contributed by atoms with Crippen LogP contribution in [0.2, 0.25) is 0 Å². The van der Waals surface area contributed by atoms with E-state index in [0.29, 0.717) is 24.3 Å². The maximum absolute atomic E-state index is 5.54. The lowest BCUT2D eigenvalue weighted by molar-refractivity contribution is 0.215. The first-order valence-electron chi connectivity index (χ1n) is 7.08. The molecule has 0 bridgehead atoms. The van der Waals surface area contributed by atoms with E-state index < -0.39 is 0 Å². The molecule has 0 atom stereocenters. The Kier molecular flexibility index (Phi) is 6.43. The van der Waals surface area contributed by atoms with Crippen molar-refractivity contribution in [3.05, 3.63) is 35.3 Å². The fraction of sp³-hybridized carbons (Fsp3) is 0.467. The Balaban J connectivity index is 1.63. The van der Waals surface area contributed by atoms with Crippen molar-refractivity contribution in [2.24, 2.45) is 5.92 Å². The van der Waals surface area contributed by atoms with E-state index in [2.05, 4.69) is 29.4 Å². The summed E-state index contributed by atoms with van der Waals surface area (Å²) < 4.78 is 11.1. The van der Waals surface area contributed by atoms with E-state index in [0.717, 1.165) is 23.8 Å². The molecule has 1 N–H and O–H groups in total. The minimum atomic E-state index is 0.461. The second kappa shape index (κ2) is 8.59. The third-order valence-corrected chi connectivity index (χ3v) is 3.43. The molecule has 21 heavy (non-hydrogen) atoms. The molecule has 2 rings (SSSR count). The van der Waals surface area contributed by atoms with Crippen LogP contribution in [0.3, 0.4) is 0 Å². The number of ether oxygens (including phenoxy) is 2. The Labute approximate surface area is 129 Å². The van der Waals surface area contributed by atoms with Crippen molar-refractivity contribution in [1.29, 1.82) is 0 Å². The summed E-state index contributed by atoms with van der Waals surface area (Å²) >= 11 is 1.47. The molecule has 114 valence electrons. The predicted molar refractivity (Wildman–Crippen MR) is 83.9 cm³/mol. The molecule has 0 aliphatic carbocycles. The quantitative estimate of drug-likeness (QED) is 0.722. The van der Waals surface area contributed by atoms with Gasteiger partial charge in [0, 0.05) is 6.54 Å². The number of para-hydroxylation sites is 1. The van der Waals surface area contributed by atoms with Crippen LogP contribution < -0.4 is 14.8 Å². The van der Waals surface area contributed by atoms with Crippen molar-refractivity contribution in [3.8, 4) is 10.9 Å². The summed E-state index contributed by atoms with van der Waals surface area (Å²) in [7, 11) is 0. The van der Waals surface area contributed by atoms with Crippen LogP contribution in [-0.2, 0) is 6.54 Å². The Hall–Kier alpha value is -1.66. The van der Waals surface area contributed by atoms with Gasteiger partial charge in [0.1, 0.15) is 24.0 Å². The molecule has 2 aromatic rings. The predicted octanol–water partition coefficient (Wildman–Crippen LogP) is 2.74. The summed E-state index contributed by atoms with van der Waals surface area (Å²) in [6.45, 7) is 7.01. The molecule has 0 unspecified atom stereocenters. The van der Waals surface area contributed by atoms with Gasteiger partial charge in [-0.25, -0.2) is 0 Å². The largest absolute Gasteiger partial charge is 0.490 e. The maximum atomic E-state index is 5.54. The SMILES string of the molecule is CC(C)CNCc1nnc(OCCOc2ccccc2)s1. The van der Waals surface area contributed by atoms with Crippen molar-refractivity contribution in [3.63, 3.8) is 0 Å².